The standard InChI is InChI=1S/C26H21N3OS/c30-25(20-11-5-2-6-12-20)28-26-29(16-15-19-9-3-1-4-10-19)24(18-31-26)22-17-27-23-14-8-7-13-21(22)23/h1-14,17-18,27H,15-16H2. The molecule has 4 nitrogen and oxygen atoms in total. The van der Waals surface area contributed by atoms with Crippen molar-refractivity contribution in [2.24, 2.45) is 4.99 Å². The number of hydrogen-bond acceptors (Lipinski definition) is 2. The van der Waals surface area contributed by atoms with Gasteiger partial charge in [0.1, 0.15) is 0 Å². The zero-order chi connectivity index (χ0) is 21.0. The SMILES string of the molecule is O=C(N=c1scc(-c2c[nH]c3ccccc23)n1CCc1ccccc1)c1ccccc1. The van der Waals surface area contributed by atoms with Gasteiger partial charge in [-0.15, -0.1) is 11.3 Å². The number of aromatic nitrogens is 2. The van der Waals surface area contributed by atoms with Crippen LogP contribution in [0.3, 0.4) is 0 Å². The van der Waals surface area contributed by atoms with Crippen LogP contribution < -0.4 is 4.80 Å². The van der Waals surface area contributed by atoms with Gasteiger partial charge in [-0.1, -0.05) is 66.7 Å². The maximum absolute atomic E-state index is 12.8. The summed E-state index contributed by atoms with van der Waals surface area (Å²) in [6.07, 6.45) is 2.90. The highest BCUT2D eigenvalue weighted by molar-refractivity contribution is 7.07. The van der Waals surface area contributed by atoms with E-state index in [4.69, 9.17) is 0 Å². The molecule has 152 valence electrons. The molecule has 5 heteroatoms. The molecule has 0 atom stereocenters. The number of aromatic amines is 1. The van der Waals surface area contributed by atoms with Crippen LogP contribution in [0.2, 0.25) is 0 Å². The minimum Gasteiger partial charge on any atom is -0.360 e. The van der Waals surface area contributed by atoms with Gasteiger partial charge in [0.25, 0.3) is 5.91 Å². The van der Waals surface area contributed by atoms with Crippen LogP contribution in [-0.4, -0.2) is 15.5 Å². The summed E-state index contributed by atoms with van der Waals surface area (Å²) in [5.74, 6) is -0.221. The number of hydrogen-bond donors (Lipinski definition) is 1. The molecule has 0 fully saturated rings. The summed E-state index contributed by atoms with van der Waals surface area (Å²) < 4.78 is 2.16. The summed E-state index contributed by atoms with van der Waals surface area (Å²) in [5, 5.41) is 3.26. The molecular weight excluding hydrogens is 402 g/mol. The Kier molecular flexibility index (Phi) is 5.33. The number of H-pyrrole nitrogens is 1. The lowest BCUT2D eigenvalue weighted by Gasteiger charge is -2.09. The Morgan fingerprint density at radius 2 is 1.61 bits per heavy atom. The van der Waals surface area contributed by atoms with Crippen LogP contribution in [0.15, 0.2) is 101 Å². The number of rotatable bonds is 5. The number of nitrogens with zero attached hydrogens (tertiary/aromatic N) is 2. The molecule has 0 aliphatic carbocycles. The van der Waals surface area contributed by atoms with Crippen LogP contribution in [-0.2, 0) is 13.0 Å². The van der Waals surface area contributed by atoms with Gasteiger partial charge in [0.05, 0.1) is 5.69 Å². The maximum atomic E-state index is 12.8. The van der Waals surface area contributed by atoms with Crippen molar-refractivity contribution in [3.8, 4) is 11.3 Å². The van der Waals surface area contributed by atoms with Crippen LogP contribution >= 0.6 is 11.3 Å². The molecule has 31 heavy (non-hydrogen) atoms. The van der Waals surface area contributed by atoms with E-state index in [0.717, 1.165) is 35.1 Å². The first-order valence-electron chi connectivity index (χ1n) is 10.2. The molecular formula is C26H21N3OS. The van der Waals surface area contributed by atoms with Crippen LogP contribution in [0.25, 0.3) is 22.2 Å². The van der Waals surface area contributed by atoms with Gasteiger partial charge in [-0.3, -0.25) is 4.79 Å². The van der Waals surface area contributed by atoms with E-state index in [1.54, 1.807) is 12.1 Å². The van der Waals surface area contributed by atoms with E-state index in [1.165, 1.54) is 16.9 Å². The van der Waals surface area contributed by atoms with Gasteiger partial charge in [-0.05, 0) is 30.2 Å². The second kappa shape index (κ2) is 8.58. The lowest BCUT2D eigenvalue weighted by atomic mass is 10.1. The van der Waals surface area contributed by atoms with Crippen molar-refractivity contribution in [1.82, 2.24) is 9.55 Å². The quantitative estimate of drug-likeness (QED) is 0.388. The first kappa shape index (κ1) is 19.3. The van der Waals surface area contributed by atoms with Crippen molar-refractivity contribution in [3.05, 3.63) is 112 Å². The van der Waals surface area contributed by atoms with Gasteiger partial charge in [0, 0.05) is 40.2 Å². The minimum atomic E-state index is -0.221. The van der Waals surface area contributed by atoms with E-state index in [9.17, 15) is 4.79 Å². The highest BCUT2D eigenvalue weighted by atomic mass is 32.1. The Balaban J connectivity index is 1.59. The fraction of sp³-hybridized carbons (Fsp3) is 0.0769. The molecule has 0 spiro atoms. The van der Waals surface area contributed by atoms with Gasteiger partial charge in [-0.25, -0.2) is 0 Å². The van der Waals surface area contributed by atoms with Crippen LogP contribution in [0.1, 0.15) is 15.9 Å². The van der Waals surface area contributed by atoms with Crippen LogP contribution in [0.5, 0.6) is 0 Å². The number of para-hydroxylation sites is 1. The van der Waals surface area contributed by atoms with Crippen LogP contribution in [0, 0.1) is 0 Å². The summed E-state index contributed by atoms with van der Waals surface area (Å²) in [6.45, 7) is 0.739. The van der Waals surface area contributed by atoms with Gasteiger partial charge in [0.15, 0.2) is 4.80 Å². The topological polar surface area (TPSA) is 50.1 Å². The molecule has 0 aliphatic rings. The van der Waals surface area contributed by atoms with Gasteiger partial charge in [-0.2, -0.15) is 4.99 Å². The lowest BCUT2D eigenvalue weighted by molar-refractivity contribution is 0.0998. The Hall–Kier alpha value is -3.70. The Labute approximate surface area is 184 Å². The number of carbonyl (C=O) groups is 1. The van der Waals surface area contributed by atoms with E-state index in [1.807, 2.05) is 42.6 Å². The van der Waals surface area contributed by atoms with Crippen molar-refractivity contribution in [1.29, 1.82) is 0 Å². The molecule has 0 radical (unpaired) electrons. The predicted molar refractivity (Wildman–Crippen MR) is 126 cm³/mol. The minimum absolute atomic E-state index is 0.221. The van der Waals surface area contributed by atoms with Gasteiger partial charge < -0.3 is 9.55 Å². The molecule has 1 amide bonds. The average Bonchev–Trinajstić information content (AvgIpc) is 3.42. The number of carbonyl (C=O) groups excluding carboxylic acids is 1. The molecule has 0 aliphatic heterocycles. The largest absolute Gasteiger partial charge is 0.360 e. The van der Waals surface area contributed by atoms with E-state index in [2.05, 4.69) is 56.3 Å². The summed E-state index contributed by atoms with van der Waals surface area (Å²) in [4.78, 5) is 21.3. The first-order chi connectivity index (χ1) is 15.3. The Morgan fingerprint density at radius 1 is 0.903 bits per heavy atom. The zero-order valence-electron chi connectivity index (χ0n) is 16.9. The number of benzene rings is 3. The molecule has 0 saturated carbocycles. The molecule has 2 aromatic heterocycles. The van der Waals surface area contributed by atoms with Crippen molar-refractivity contribution in [2.75, 3.05) is 0 Å². The summed E-state index contributed by atoms with van der Waals surface area (Å²) in [6, 6.07) is 27.9. The second-order valence-electron chi connectivity index (χ2n) is 7.32. The van der Waals surface area contributed by atoms with E-state index in [0.29, 0.717) is 10.4 Å². The summed E-state index contributed by atoms with van der Waals surface area (Å²) >= 11 is 1.50. The van der Waals surface area contributed by atoms with Crippen LogP contribution in [0.4, 0.5) is 0 Å². The monoisotopic (exact) mass is 423 g/mol. The van der Waals surface area contributed by atoms with E-state index in [-0.39, 0.29) is 5.91 Å². The van der Waals surface area contributed by atoms with Crippen molar-refractivity contribution >= 4 is 28.1 Å². The average molecular weight is 424 g/mol. The second-order valence-corrected chi connectivity index (χ2v) is 8.16. The lowest BCUT2D eigenvalue weighted by Crippen LogP contribution is -2.19. The van der Waals surface area contributed by atoms with E-state index < -0.39 is 0 Å². The third-order valence-electron chi connectivity index (χ3n) is 5.35. The Bertz CT molecular complexity index is 1390. The smallest absolute Gasteiger partial charge is 0.279 e. The van der Waals surface area contributed by atoms with Gasteiger partial charge >= 0.3 is 0 Å². The highest BCUT2D eigenvalue weighted by Gasteiger charge is 2.14. The fourth-order valence-corrected chi connectivity index (χ4v) is 4.68. The molecule has 2 heterocycles. The normalized spacial score (nSPS) is 11.8. The van der Waals surface area contributed by atoms with Crippen molar-refractivity contribution < 1.29 is 4.79 Å². The molecule has 3 aromatic carbocycles. The summed E-state index contributed by atoms with van der Waals surface area (Å²) in [7, 11) is 0. The Morgan fingerprint density at radius 3 is 2.42 bits per heavy atom. The van der Waals surface area contributed by atoms with E-state index >= 15 is 0 Å². The third-order valence-corrected chi connectivity index (χ3v) is 6.21. The zero-order valence-corrected chi connectivity index (χ0v) is 17.7. The number of amides is 1. The molecule has 0 saturated heterocycles. The summed E-state index contributed by atoms with van der Waals surface area (Å²) in [5.41, 5.74) is 5.13. The molecule has 5 rings (SSSR count). The first-order valence-corrected chi connectivity index (χ1v) is 11.1. The molecule has 0 bridgehead atoms. The third kappa shape index (κ3) is 4.00. The molecule has 5 aromatic rings. The molecule has 1 N–H and O–H groups in total. The number of thiazole rings is 1. The highest BCUT2D eigenvalue weighted by Crippen LogP contribution is 2.29. The predicted octanol–water partition coefficient (Wildman–Crippen LogP) is 5.68. The number of fused-ring (bicyclic) bond motifs is 1. The fourth-order valence-electron chi connectivity index (χ4n) is 3.75. The van der Waals surface area contributed by atoms with Crippen molar-refractivity contribution in [2.45, 2.75) is 13.0 Å². The number of aryl methyl sites for hydroxylation is 1. The van der Waals surface area contributed by atoms with Gasteiger partial charge in [0.2, 0.25) is 0 Å². The number of nitrogens with one attached hydrogen (secondary N) is 1. The van der Waals surface area contributed by atoms with Crippen molar-refractivity contribution in [3.63, 3.8) is 0 Å². The molecule has 0 unspecified atom stereocenters. The maximum Gasteiger partial charge on any atom is 0.279 e.